The summed E-state index contributed by atoms with van der Waals surface area (Å²) < 4.78 is 27.6. The van der Waals surface area contributed by atoms with Gasteiger partial charge in [-0.2, -0.15) is 0 Å². The van der Waals surface area contributed by atoms with Crippen molar-refractivity contribution in [1.82, 2.24) is 20.3 Å². The van der Waals surface area contributed by atoms with Gasteiger partial charge in [-0.05, 0) is 56.2 Å². The Morgan fingerprint density at radius 1 is 1.14 bits per heavy atom. The predicted molar refractivity (Wildman–Crippen MR) is 111 cm³/mol. The van der Waals surface area contributed by atoms with Gasteiger partial charge in [0.1, 0.15) is 5.52 Å². The summed E-state index contributed by atoms with van der Waals surface area (Å²) in [5, 5.41) is 11.2. The van der Waals surface area contributed by atoms with E-state index in [9.17, 15) is 13.2 Å². The Balaban J connectivity index is 1.41. The topological polar surface area (TPSA) is 97.2 Å². The molecule has 29 heavy (non-hydrogen) atoms. The maximum atomic E-state index is 12.6. The first-order valence-corrected chi connectivity index (χ1v) is 11.2. The number of amides is 1. The van der Waals surface area contributed by atoms with Gasteiger partial charge in [-0.15, -0.1) is 5.10 Å². The van der Waals surface area contributed by atoms with E-state index < -0.39 is 10.0 Å². The molecule has 152 valence electrons. The molecule has 4 rings (SSSR count). The highest BCUT2D eigenvalue weighted by molar-refractivity contribution is 7.92. The van der Waals surface area contributed by atoms with Crippen LogP contribution in [-0.2, 0) is 16.6 Å². The molecule has 1 saturated heterocycles. The summed E-state index contributed by atoms with van der Waals surface area (Å²) in [6.45, 7) is 2.89. The number of hydrogen-bond acceptors (Lipinski definition) is 5. The number of hydrogen-bond donors (Lipinski definition) is 1. The number of para-hydroxylation sites is 1. The molecule has 0 unspecified atom stereocenters. The summed E-state index contributed by atoms with van der Waals surface area (Å²) in [5.74, 6) is -0.0426. The number of sulfonamides is 1. The molecule has 2 heterocycles. The van der Waals surface area contributed by atoms with Gasteiger partial charge in [-0.25, -0.2) is 13.1 Å². The highest BCUT2D eigenvalue weighted by Gasteiger charge is 2.26. The number of benzene rings is 2. The third-order valence-electron chi connectivity index (χ3n) is 5.01. The fourth-order valence-corrected chi connectivity index (χ4v) is 5.16. The molecule has 1 aliphatic rings. The van der Waals surface area contributed by atoms with Crippen LogP contribution in [0.1, 0.15) is 30.1 Å². The SMILES string of the molecule is C[C@@H](Cn1nnc2ccccc21)NC(=O)c1ccc(N2CCCCS2(=O)=O)cc1. The van der Waals surface area contributed by atoms with Gasteiger partial charge in [0.2, 0.25) is 10.0 Å². The van der Waals surface area contributed by atoms with Crippen LogP contribution in [0.2, 0.25) is 0 Å². The molecular weight excluding hydrogens is 390 g/mol. The first-order chi connectivity index (χ1) is 13.9. The Kier molecular flexibility index (Phi) is 5.23. The van der Waals surface area contributed by atoms with E-state index in [4.69, 9.17) is 0 Å². The fraction of sp³-hybridized carbons (Fsp3) is 0.350. The van der Waals surface area contributed by atoms with Crippen molar-refractivity contribution in [3.8, 4) is 0 Å². The van der Waals surface area contributed by atoms with Gasteiger partial charge in [0.25, 0.3) is 5.91 Å². The maximum absolute atomic E-state index is 12.6. The van der Waals surface area contributed by atoms with Crippen molar-refractivity contribution >= 4 is 32.7 Å². The normalized spacial score (nSPS) is 17.2. The average Bonchev–Trinajstić information content (AvgIpc) is 3.10. The van der Waals surface area contributed by atoms with Gasteiger partial charge in [0.15, 0.2) is 0 Å². The standard InChI is InChI=1S/C20H23N5O3S/c1-15(14-24-19-7-3-2-6-18(19)22-23-24)21-20(26)16-8-10-17(11-9-16)25-12-4-5-13-29(25,27)28/h2-3,6-11,15H,4-5,12-14H2,1H3,(H,21,26)/t15-/m0/s1. The molecule has 1 amide bonds. The Hall–Kier alpha value is -2.94. The van der Waals surface area contributed by atoms with Gasteiger partial charge in [0, 0.05) is 18.2 Å². The van der Waals surface area contributed by atoms with Crippen molar-refractivity contribution in [3.05, 3.63) is 54.1 Å². The van der Waals surface area contributed by atoms with E-state index in [1.807, 2.05) is 31.2 Å². The molecule has 1 aromatic heterocycles. The number of rotatable bonds is 5. The van der Waals surface area contributed by atoms with Gasteiger partial charge >= 0.3 is 0 Å². The lowest BCUT2D eigenvalue weighted by atomic mass is 10.1. The number of aromatic nitrogens is 3. The van der Waals surface area contributed by atoms with E-state index in [2.05, 4.69) is 15.6 Å². The largest absolute Gasteiger partial charge is 0.348 e. The number of anilines is 1. The van der Waals surface area contributed by atoms with Crippen molar-refractivity contribution in [2.24, 2.45) is 0 Å². The number of carbonyl (C=O) groups excluding carboxylic acids is 1. The summed E-state index contributed by atoms with van der Waals surface area (Å²) in [6, 6.07) is 14.2. The van der Waals surface area contributed by atoms with Crippen molar-refractivity contribution < 1.29 is 13.2 Å². The highest BCUT2D eigenvalue weighted by Crippen LogP contribution is 2.23. The zero-order valence-corrected chi connectivity index (χ0v) is 17.0. The minimum absolute atomic E-state index is 0.158. The number of fused-ring (bicyclic) bond motifs is 1. The Morgan fingerprint density at radius 3 is 2.66 bits per heavy atom. The third-order valence-corrected chi connectivity index (χ3v) is 6.88. The molecule has 0 spiro atoms. The zero-order valence-electron chi connectivity index (χ0n) is 16.2. The van der Waals surface area contributed by atoms with Crippen LogP contribution in [0.25, 0.3) is 11.0 Å². The maximum Gasteiger partial charge on any atom is 0.251 e. The summed E-state index contributed by atoms with van der Waals surface area (Å²) in [4.78, 5) is 12.6. The minimum atomic E-state index is -3.26. The van der Waals surface area contributed by atoms with Crippen LogP contribution in [0.4, 0.5) is 5.69 Å². The summed E-state index contributed by atoms with van der Waals surface area (Å²) >= 11 is 0. The van der Waals surface area contributed by atoms with Gasteiger partial charge < -0.3 is 5.32 Å². The molecule has 1 aliphatic heterocycles. The predicted octanol–water partition coefficient (Wildman–Crippen LogP) is 2.18. The van der Waals surface area contributed by atoms with Crippen LogP contribution in [-0.4, -0.2) is 47.7 Å². The van der Waals surface area contributed by atoms with Crippen LogP contribution in [0.15, 0.2) is 48.5 Å². The lowest BCUT2D eigenvalue weighted by Crippen LogP contribution is -2.38. The van der Waals surface area contributed by atoms with Gasteiger partial charge in [-0.3, -0.25) is 9.10 Å². The lowest BCUT2D eigenvalue weighted by Gasteiger charge is -2.28. The first kappa shape index (κ1) is 19.4. The Labute approximate surface area is 169 Å². The van der Waals surface area contributed by atoms with Crippen LogP contribution >= 0.6 is 0 Å². The third kappa shape index (κ3) is 4.09. The van der Waals surface area contributed by atoms with Gasteiger partial charge in [-0.1, -0.05) is 17.3 Å². The second-order valence-electron chi connectivity index (χ2n) is 7.28. The summed E-state index contributed by atoms with van der Waals surface area (Å²) in [6.07, 6.45) is 1.54. The van der Waals surface area contributed by atoms with Crippen LogP contribution in [0.5, 0.6) is 0 Å². The second-order valence-corrected chi connectivity index (χ2v) is 9.29. The molecule has 0 bridgehead atoms. The number of nitrogens with zero attached hydrogens (tertiary/aromatic N) is 4. The van der Waals surface area contributed by atoms with Gasteiger partial charge in [0.05, 0.1) is 23.5 Å². The minimum Gasteiger partial charge on any atom is -0.348 e. The van der Waals surface area contributed by atoms with Crippen LogP contribution in [0, 0.1) is 0 Å². The molecular formula is C20H23N5O3S. The summed E-state index contributed by atoms with van der Waals surface area (Å²) in [7, 11) is -3.26. The molecule has 2 aromatic carbocycles. The molecule has 0 saturated carbocycles. The molecule has 9 heteroatoms. The van der Waals surface area contributed by atoms with Crippen LogP contribution in [0.3, 0.4) is 0 Å². The Morgan fingerprint density at radius 2 is 1.90 bits per heavy atom. The monoisotopic (exact) mass is 413 g/mol. The smallest absolute Gasteiger partial charge is 0.251 e. The first-order valence-electron chi connectivity index (χ1n) is 9.63. The van der Waals surface area contributed by atoms with E-state index in [0.29, 0.717) is 30.8 Å². The van der Waals surface area contributed by atoms with E-state index in [0.717, 1.165) is 17.5 Å². The molecule has 1 N–H and O–H groups in total. The van der Waals surface area contributed by atoms with Crippen molar-refractivity contribution in [3.63, 3.8) is 0 Å². The van der Waals surface area contributed by atoms with Crippen molar-refractivity contribution in [1.29, 1.82) is 0 Å². The molecule has 0 aliphatic carbocycles. The lowest BCUT2D eigenvalue weighted by molar-refractivity contribution is 0.0936. The fourth-order valence-electron chi connectivity index (χ4n) is 3.52. The van der Waals surface area contributed by atoms with E-state index in [1.54, 1.807) is 28.9 Å². The Bertz CT molecular complexity index is 1120. The number of nitrogens with one attached hydrogen (secondary N) is 1. The van der Waals surface area contributed by atoms with Crippen molar-refractivity contribution in [2.75, 3.05) is 16.6 Å². The highest BCUT2D eigenvalue weighted by atomic mass is 32.2. The van der Waals surface area contributed by atoms with E-state index in [-0.39, 0.29) is 17.7 Å². The molecule has 8 nitrogen and oxygen atoms in total. The zero-order chi connectivity index (χ0) is 20.4. The van der Waals surface area contributed by atoms with E-state index >= 15 is 0 Å². The quantitative estimate of drug-likeness (QED) is 0.691. The average molecular weight is 414 g/mol. The molecule has 1 fully saturated rings. The second kappa shape index (κ2) is 7.82. The summed E-state index contributed by atoms with van der Waals surface area (Å²) in [5.41, 5.74) is 2.82. The van der Waals surface area contributed by atoms with Crippen molar-refractivity contribution in [2.45, 2.75) is 32.4 Å². The number of carbonyl (C=O) groups is 1. The van der Waals surface area contributed by atoms with Crippen LogP contribution < -0.4 is 9.62 Å². The molecule has 3 aromatic rings. The molecule has 0 radical (unpaired) electrons. The molecule has 1 atom stereocenters. The van der Waals surface area contributed by atoms with E-state index in [1.165, 1.54) is 4.31 Å².